The highest BCUT2D eigenvalue weighted by Crippen LogP contribution is 2.25. The molecule has 1 heterocycles. The van der Waals surface area contributed by atoms with Crippen LogP contribution in [0.1, 0.15) is 21.7 Å². The first kappa shape index (κ1) is 13.9. The number of benzene rings is 1. The van der Waals surface area contributed by atoms with Gasteiger partial charge in [-0.05, 0) is 31.2 Å². The van der Waals surface area contributed by atoms with Gasteiger partial charge >= 0.3 is 0 Å². The molecule has 0 aliphatic rings. The number of carbonyl (C=O) groups is 1. The lowest BCUT2D eigenvalue weighted by molar-refractivity contribution is 0.0947. The Morgan fingerprint density at radius 1 is 1.30 bits per heavy atom. The minimum Gasteiger partial charge on any atom is -0.494 e. The van der Waals surface area contributed by atoms with Crippen molar-refractivity contribution in [2.45, 2.75) is 13.5 Å². The summed E-state index contributed by atoms with van der Waals surface area (Å²) in [6, 6.07) is 10.8. The van der Waals surface area contributed by atoms with Crippen LogP contribution in [0.5, 0.6) is 5.75 Å². The van der Waals surface area contributed by atoms with E-state index in [0.29, 0.717) is 23.5 Å². The van der Waals surface area contributed by atoms with Gasteiger partial charge in [0, 0.05) is 5.69 Å². The van der Waals surface area contributed by atoms with Crippen molar-refractivity contribution in [3.63, 3.8) is 0 Å². The molecule has 2 rings (SSSR count). The van der Waals surface area contributed by atoms with Crippen molar-refractivity contribution >= 4 is 11.6 Å². The van der Waals surface area contributed by atoms with E-state index >= 15 is 0 Å². The average molecular weight is 271 g/mol. The number of anilines is 1. The number of hydrogen-bond acceptors (Lipinski definition) is 4. The summed E-state index contributed by atoms with van der Waals surface area (Å²) in [5.74, 6) is 0.152. The third-order valence-corrected chi connectivity index (χ3v) is 2.87. The van der Waals surface area contributed by atoms with Crippen LogP contribution in [-0.2, 0) is 6.54 Å². The van der Waals surface area contributed by atoms with E-state index in [9.17, 15) is 4.79 Å². The van der Waals surface area contributed by atoms with Crippen LogP contribution >= 0.6 is 0 Å². The summed E-state index contributed by atoms with van der Waals surface area (Å²) in [7, 11) is 1.49. The van der Waals surface area contributed by atoms with Crippen molar-refractivity contribution in [3.8, 4) is 5.75 Å². The summed E-state index contributed by atoms with van der Waals surface area (Å²) in [6.45, 7) is 2.27. The molecule has 3 N–H and O–H groups in total. The maximum absolute atomic E-state index is 12.2. The van der Waals surface area contributed by atoms with Crippen LogP contribution in [0.2, 0.25) is 0 Å². The van der Waals surface area contributed by atoms with Crippen molar-refractivity contribution in [2.75, 3.05) is 12.8 Å². The lowest BCUT2D eigenvalue weighted by Crippen LogP contribution is -2.24. The number of nitrogens with zero attached hydrogens (tertiary/aromatic N) is 1. The Bertz CT molecular complexity index is 626. The number of pyridine rings is 1. The maximum atomic E-state index is 12.2. The first-order valence-corrected chi connectivity index (χ1v) is 6.25. The molecule has 0 bridgehead atoms. The summed E-state index contributed by atoms with van der Waals surface area (Å²) in [6.07, 6.45) is 0. The average Bonchev–Trinajstić information content (AvgIpc) is 2.44. The van der Waals surface area contributed by atoms with E-state index in [1.54, 1.807) is 18.2 Å². The normalized spacial score (nSPS) is 10.1. The van der Waals surface area contributed by atoms with Crippen molar-refractivity contribution < 1.29 is 9.53 Å². The molecule has 1 aromatic heterocycles. The van der Waals surface area contributed by atoms with E-state index in [1.165, 1.54) is 7.11 Å². The third kappa shape index (κ3) is 3.06. The van der Waals surface area contributed by atoms with Gasteiger partial charge in [-0.25, -0.2) is 0 Å². The Hall–Kier alpha value is -2.56. The minimum atomic E-state index is -0.238. The van der Waals surface area contributed by atoms with Gasteiger partial charge < -0.3 is 15.8 Å². The highest BCUT2D eigenvalue weighted by molar-refractivity contribution is 5.98. The molecule has 0 saturated carbocycles. The highest BCUT2D eigenvalue weighted by Gasteiger charge is 2.14. The summed E-state index contributed by atoms with van der Waals surface area (Å²) < 4.78 is 5.17. The van der Waals surface area contributed by atoms with Gasteiger partial charge in [0.1, 0.15) is 0 Å². The lowest BCUT2D eigenvalue weighted by Gasteiger charge is -2.11. The van der Waals surface area contributed by atoms with Crippen LogP contribution in [0.4, 0.5) is 5.69 Å². The smallest absolute Gasteiger partial charge is 0.255 e. The van der Waals surface area contributed by atoms with Crippen LogP contribution in [-0.4, -0.2) is 18.0 Å². The van der Waals surface area contributed by atoms with E-state index in [1.807, 2.05) is 25.1 Å². The number of aromatic nitrogens is 1. The SMILES string of the molecule is COc1c(N)cccc1C(=O)NCc1cccc(C)n1. The largest absolute Gasteiger partial charge is 0.494 e. The van der Waals surface area contributed by atoms with Gasteiger partial charge in [-0.3, -0.25) is 9.78 Å². The number of carbonyl (C=O) groups excluding carboxylic acids is 1. The van der Waals surface area contributed by atoms with Crippen molar-refractivity contribution in [3.05, 3.63) is 53.3 Å². The Balaban J connectivity index is 2.11. The van der Waals surface area contributed by atoms with Gasteiger partial charge in [-0.2, -0.15) is 0 Å². The Morgan fingerprint density at radius 2 is 2.05 bits per heavy atom. The predicted octanol–water partition coefficient (Wildman–Crippen LogP) is 1.91. The van der Waals surface area contributed by atoms with Gasteiger partial charge in [-0.15, -0.1) is 0 Å². The first-order valence-electron chi connectivity index (χ1n) is 6.25. The molecule has 0 radical (unpaired) electrons. The molecule has 0 unspecified atom stereocenters. The molecule has 1 amide bonds. The third-order valence-electron chi connectivity index (χ3n) is 2.87. The molecule has 0 aliphatic carbocycles. The number of nitrogens with one attached hydrogen (secondary N) is 1. The number of amides is 1. The molecule has 5 heteroatoms. The lowest BCUT2D eigenvalue weighted by atomic mass is 10.1. The number of aryl methyl sites for hydroxylation is 1. The topological polar surface area (TPSA) is 77.2 Å². The molecule has 0 spiro atoms. The second-order valence-corrected chi connectivity index (χ2v) is 4.38. The minimum absolute atomic E-state index is 0.238. The quantitative estimate of drug-likeness (QED) is 0.833. The van der Waals surface area contributed by atoms with Crippen LogP contribution in [0, 0.1) is 6.92 Å². The Morgan fingerprint density at radius 3 is 2.75 bits per heavy atom. The van der Waals surface area contributed by atoms with E-state index < -0.39 is 0 Å². The monoisotopic (exact) mass is 271 g/mol. The second kappa shape index (κ2) is 6.06. The molecule has 0 aliphatic heterocycles. The summed E-state index contributed by atoms with van der Waals surface area (Å²) in [5.41, 5.74) is 8.36. The molecule has 0 atom stereocenters. The number of nitrogen functional groups attached to an aromatic ring is 1. The molecule has 1 aromatic carbocycles. The fourth-order valence-electron chi connectivity index (χ4n) is 1.93. The molecule has 20 heavy (non-hydrogen) atoms. The molecule has 104 valence electrons. The summed E-state index contributed by atoms with van der Waals surface area (Å²) in [5, 5.41) is 2.81. The molecular formula is C15H17N3O2. The number of para-hydroxylation sites is 1. The van der Waals surface area contributed by atoms with E-state index in [2.05, 4.69) is 10.3 Å². The molecular weight excluding hydrogens is 254 g/mol. The van der Waals surface area contributed by atoms with Gasteiger partial charge in [-0.1, -0.05) is 12.1 Å². The highest BCUT2D eigenvalue weighted by atomic mass is 16.5. The van der Waals surface area contributed by atoms with E-state index in [-0.39, 0.29) is 5.91 Å². The van der Waals surface area contributed by atoms with Gasteiger partial charge in [0.25, 0.3) is 5.91 Å². The second-order valence-electron chi connectivity index (χ2n) is 4.38. The summed E-state index contributed by atoms with van der Waals surface area (Å²) in [4.78, 5) is 16.5. The van der Waals surface area contributed by atoms with Gasteiger partial charge in [0.2, 0.25) is 0 Å². The zero-order valence-electron chi connectivity index (χ0n) is 11.5. The molecule has 5 nitrogen and oxygen atoms in total. The zero-order valence-corrected chi connectivity index (χ0v) is 11.5. The van der Waals surface area contributed by atoms with Crippen molar-refractivity contribution in [1.82, 2.24) is 10.3 Å². The molecule has 0 saturated heterocycles. The molecule has 0 fully saturated rings. The van der Waals surface area contributed by atoms with Crippen LogP contribution in [0.3, 0.4) is 0 Å². The molecule has 2 aromatic rings. The Labute approximate surface area is 117 Å². The van der Waals surface area contributed by atoms with E-state index in [4.69, 9.17) is 10.5 Å². The fourth-order valence-corrected chi connectivity index (χ4v) is 1.93. The summed E-state index contributed by atoms with van der Waals surface area (Å²) >= 11 is 0. The zero-order chi connectivity index (χ0) is 14.5. The number of methoxy groups -OCH3 is 1. The predicted molar refractivity (Wildman–Crippen MR) is 77.6 cm³/mol. The van der Waals surface area contributed by atoms with Crippen LogP contribution in [0.25, 0.3) is 0 Å². The number of ether oxygens (including phenoxy) is 1. The number of nitrogens with two attached hydrogens (primary N) is 1. The van der Waals surface area contributed by atoms with Crippen molar-refractivity contribution in [2.24, 2.45) is 0 Å². The van der Waals surface area contributed by atoms with Gasteiger partial charge in [0.05, 0.1) is 30.6 Å². The standard InChI is InChI=1S/C15H17N3O2/c1-10-5-3-6-11(18-10)9-17-15(19)12-7-4-8-13(16)14(12)20-2/h3-8H,9,16H2,1-2H3,(H,17,19). The number of hydrogen-bond donors (Lipinski definition) is 2. The number of rotatable bonds is 4. The maximum Gasteiger partial charge on any atom is 0.255 e. The first-order chi connectivity index (χ1) is 9.61. The Kier molecular flexibility index (Phi) is 4.20. The van der Waals surface area contributed by atoms with Crippen molar-refractivity contribution in [1.29, 1.82) is 0 Å². The fraction of sp³-hybridized carbons (Fsp3) is 0.200. The van der Waals surface area contributed by atoms with Gasteiger partial charge in [0.15, 0.2) is 5.75 Å². The van der Waals surface area contributed by atoms with Crippen LogP contribution in [0.15, 0.2) is 36.4 Å². The van der Waals surface area contributed by atoms with Crippen LogP contribution < -0.4 is 15.8 Å². The van der Waals surface area contributed by atoms with E-state index in [0.717, 1.165) is 11.4 Å².